The average Bonchev–Trinajstić information content (AvgIpc) is 3.15. The number of rotatable bonds is 2. The first-order chi connectivity index (χ1) is 10.1. The number of likely N-dealkylation sites (tertiary alicyclic amines) is 1. The highest BCUT2D eigenvalue weighted by molar-refractivity contribution is 5.89. The van der Waals surface area contributed by atoms with Crippen molar-refractivity contribution in [1.29, 1.82) is 0 Å². The average molecular weight is 289 g/mol. The molecule has 1 aliphatic heterocycles. The van der Waals surface area contributed by atoms with Crippen LogP contribution in [0.1, 0.15) is 44.6 Å². The third kappa shape index (κ3) is 2.21. The van der Waals surface area contributed by atoms with E-state index < -0.39 is 0 Å². The lowest BCUT2D eigenvalue weighted by Gasteiger charge is -2.39. The second kappa shape index (κ2) is 4.73. The van der Waals surface area contributed by atoms with Crippen molar-refractivity contribution in [2.24, 2.45) is 11.7 Å². The molecule has 2 saturated carbocycles. The molecule has 1 aromatic heterocycles. The van der Waals surface area contributed by atoms with Gasteiger partial charge in [0.15, 0.2) is 0 Å². The van der Waals surface area contributed by atoms with Crippen molar-refractivity contribution < 1.29 is 4.79 Å². The lowest BCUT2D eigenvalue weighted by molar-refractivity contribution is 0.188. The molecule has 4 rings (SSSR count). The first kappa shape index (κ1) is 13.1. The standard InChI is InChI=1S/C15H23N5O/c16-15-6-5-11(15)8-19(10-15)14(21)18-12-7-17-20(9-12)13-3-1-2-4-13/h7,9,11,13H,1-6,8,10,16H2,(H,18,21)/t11-,15-/m0/s1. The number of amides is 2. The van der Waals surface area contributed by atoms with Crippen LogP contribution in [0.2, 0.25) is 0 Å². The Bertz CT molecular complexity index is 550. The predicted octanol–water partition coefficient (Wildman–Crippen LogP) is 1.95. The molecule has 1 saturated heterocycles. The first-order valence-corrected chi connectivity index (χ1v) is 8.03. The zero-order valence-electron chi connectivity index (χ0n) is 12.3. The molecule has 3 aliphatic rings. The van der Waals surface area contributed by atoms with Crippen molar-refractivity contribution >= 4 is 11.7 Å². The van der Waals surface area contributed by atoms with Crippen LogP contribution in [0.4, 0.5) is 10.5 Å². The van der Waals surface area contributed by atoms with E-state index in [-0.39, 0.29) is 11.6 Å². The van der Waals surface area contributed by atoms with Gasteiger partial charge in [-0.25, -0.2) is 4.79 Å². The summed E-state index contributed by atoms with van der Waals surface area (Å²) in [6.45, 7) is 1.47. The normalized spacial score (nSPS) is 32.0. The summed E-state index contributed by atoms with van der Waals surface area (Å²) in [5, 5.41) is 7.35. The third-order valence-corrected chi connectivity index (χ3v) is 5.54. The van der Waals surface area contributed by atoms with E-state index in [1.165, 1.54) is 25.7 Å². The van der Waals surface area contributed by atoms with Crippen LogP contribution in [0.5, 0.6) is 0 Å². The van der Waals surface area contributed by atoms with Gasteiger partial charge in [-0.2, -0.15) is 5.10 Å². The zero-order valence-corrected chi connectivity index (χ0v) is 12.3. The first-order valence-electron chi connectivity index (χ1n) is 8.03. The maximum absolute atomic E-state index is 12.3. The molecular weight excluding hydrogens is 266 g/mol. The number of nitrogens with two attached hydrogens (primary N) is 1. The molecule has 2 atom stereocenters. The maximum atomic E-state index is 12.3. The molecule has 0 radical (unpaired) electrons. The molecule has 3 fully saturated rings. The fourth-order valence-electron chi connectivity index (χ4n) is 4.01. The number of carbonyl (C=O) groups excluding carboxylic acids is 1. The number of fused-ring (bicyclic) bond motifs is 1. The van der Waals surface area contributed by atoms with Crippen LogP contribution in [-0.4, -0.2) is 39.3 Å². The van der Waals surface area contributed by atoms with Crippen LogP contribution in [0, 0.1) is 5.92 Å². The van der Waals surface area contributed by atoms with Crippen molar-refractivity contribution in [2.45, 2.75) is 50.1 Å². The number of nitrogens with one attached hydrogen (secondary N) is 1. The van der Waals surface area contributed by atoms with Crippen LogP contribution in [0.25, 0.3) is 0 Å². The number of urea groups is 1. The summed E-state index contributed by atoms with van der Waals surface area (Å²) in [6, 6.07) is 0.464. The molecule has 6 heteroatoms. The second-order valence-corrected chi connectivity index (χ2v) is 6.93. The van der Waals surface area contributed by atoms with E-state index in [4.69, 9.17) is 5.73 Å². The van der Waals surface area contributed by atoms with Crippen molar-refractivity contribution in [2.75, 3.05) is 18.4 Å². The summed E-state index contributed by atoms with van der Waals surface area (Å²) in [4.78, 5) is 14.2. The Kier molecular flexibility index (Phi) is 2.96. The van der Waals surface area contributed by atoms with Crippen LogP contribution in [-0.2, 0) is 0 Å². The largest absolute Gasteiger partial charge is 0.323 e. The van der Waals surface area contributed by atoms with Crippen LogP contribution in [0.3, 0.4) is 0 Å². The fourth-order valence-corrected chi connectivity index (χ4v) is 4.01. The molecular formula is C15H23N5O. The van der Waals surface area contributed by atoms with E-state index in [0.29, 0.717) is 18.5 Å². The minimum atomic E-state index is -0.120. The van der Waals surface area contributed by atoms with Gasteiger partial charge in [-0.05, 0) is 31.6 Å². The molecule has 0 spiro atoms. The highest BCUT2D eigenvalue weighted by atomic mass is 16.2. The number of nitrogens with zero attached hydrogens (tertiary/aromatic N) is 3. The molecule has 0 aromatic carbocycles. The molecule has 2 aliphatic carbocycles. The van der Waals surface area contributed by atoms with Gasteiger partial charge in [0, 0.05) is 24.8 Å². The van der Waals surface area contributed by atoms with Crippen LogP contribution >= 0.6 is 0 Å². The summed E-state index contributed by atoms with van der Waals surface area (Å²) in [6.07, 6.45) is 10.8. The summed E-state index contributed by atoms with van der Waals surface area (Å²) in [5.41, 5.74) is 6.95. The molecule has 1 aromatic rings. The van der Waals surface area contributed by atoms with E-state index in [1.54, 1.807) is 6.20 Å². The van der Waals surface area contributed by atoms with E-state index in [0.717, 1.165) is 25.1 Å². The number of hydrogen-bond donors (Lipinski definition) is 2. The highest BCUT2D eigenvalue weighted by Crippen LogP contribution is 2.42. The number of hydrogen-bond acceptors (Lipinski definition) is 3. The molecule has 3 N–H and O–H groups in total. The van der Waals surface area contributed by atoms with Crippen molar-refractivity contribution in [1.82, 2.24) is 14.7 Å². The molecule has 0 unspecified atom stereocenters. The Morgan fingerprint density at radius 2 is 2.19 bits per heavy atom. The number of aromatic nitrogens is 2. The predicted molar refractivity (Wildman–Crippen MR) is 80.0 cm³/mol. The topological polar surface area (TPSA) is 76.2 Å². The number of anilines is 1. The van der Waals surface area contributed by atoms with Gasteiger partial charge < -0.3 is 16.0 Å². The van der Waals surface area contributed by atoms with E-state index in [9.17, 15) is 4.79 Å². The molecule has 21 heavy (non-hydrogen) atoms. The molecule has 2 heterocycles. The third-order valence-electron chi connectivity index (χ3n) is 5.54. The summed E-state index contributed by atoms with van der Waals surface area (Å²) >= 11 is 0. The van der Waals surface area contributed by atoms with E-state index >= 15 is 0 Å². The molecule has 114 valence electrons. The summed E-state index contributed by atoms with van der Waals surface area (Å²) < 4.78 is 2.00. The Hall–Kier alpha value is -1.56. The Morgan fingerprint density at radius 1 is 1.38 bits per heavy atom. The monoisotopic (exact) mass is 289 g/mol. The summed E-state index contributed by atoms with van der Waals surface area (Å²) in [7, 11) is 0. The van der Waals surface area contributed by atoms with Gasteiger partial charge in [0.2, 0.25) is 0 Å². The highest BCUT2D eigenvalue weighted by Gasteiger charge is 2.51. The Morgan fingerprint density at radius 3 is 2.81 bits per heavy atom. The van der Waals surface area contributed by atoms with Gasteiger partial charge in [0.25, 0.3) is 0 Å². The van der Waals surface area contributed by atoms with Crippen molar-refractivity contribution in [3.63, 3.8) is 0 Å². The van der Waals surface area contributed by atoms with Crippen LogP contribution < -0.4 is 11.1 Å². The lowest BCUT2D eigenvalue weighted by atomic mass is 9.70. The summed E-state index contributed by atoms with van der Waals surface area (Å²) in [5.74, 6) is 0.490. The van der Waals surface area contributed by atoms with Gasteiger partial charge in [-0.1, -0.05) is 12.8 Å². The van der Waals surface area contributed by atoms with Gasteiger partial charge >= 0.3 is 6.03 Å². The van der Waals surface area contributed by atoms with Gasteiger partial charge in [0.1, 0.15) is 0 Å². The molecule has 6 nitrogen and oxygen atoms in total. The molecule has 2 amide bonds. The van der Waals surface area contributed by atoms with E-state index in [1.807, 2.05) is 15.8 Å². The minimum Gasteiger partial charge on any atom is -0.323 e. The second-order valence-electron chi connectivity index (χ2n) is 6.93. The van der Waals surface area contributed by atoms with Crippen molar-refractivity contribution in [3.8, 4) is 0 Å². The fraction of sp³-hybridized carbons (Fsp3) is 0.733. The minimum absolute atomic E-state index is 0.0415. The van der Waals surface area contributed by atoms with Gasteiger partial charge in [-0.15, -0.1) is 0 Å². The Balaban J connectivity index is 1.38. The Labute approximate surface area is 124 Å². The number of carbonyl (C=O) groups is 1. The van der Waals surface area contributed by atoms with Crippen molar-refractivity contribution in [3.05, 3.63) is 12.4 Å². The smallest absolute Gasteiger partial charge is 0.322 e. The maximum Gasteiger partial charge on any atom is 0.322 e. The van der Waals surface area contributed by atoms with Gasteiger partial charge in [0.05, 0.1) is 17.9 Å². The lowest BCUT2D eigenvalue weighted by Crippen LogP contribution is -2.54. The quantitative estimate of drug-likeness (QED) is 0.873. The SMILES string of the molecule is N[C@]12CC[C@H]1CN(C(=O)Nc1cnn(C3CCCC3)c1)C2. The van der Waals surface area contributed by atoms with Crippen LogP contribution in [0.15, 0.2) is 12.4 Å². The van der Waals surface area contributed by atoms with E-state index in [2.05, 4.69) is 10.4 Å². The molecule has 0 bridgehead atoms. The van der Waals surface area contributed by atoms with Gasteiger partial charge in [-0.3, -0.25) is 4.68 Å². The zero-order chi connectivity index (χ0) is 14.4.